The second kappa shape index (κ2) is 13.1. The van der Waals surface area contributed by atoms with E-state index in [1.807, 2.05) is 44.4 Å². The van der Waals surface area contributed by atoms with Crippen molar-refractivity contribution in [1.82, 2.24) is 4.90 Å². The monoisotopic (exact) mass is 421 g/mol. The molecule has 4 heteroatoms. The van der Waals surface area contributed by atoms with Crippen LogP contribution in [0.5, 0.6) is 0 Å². The standard InChI is InChI=1S/C27H35NO3/c1-28(2)19-25-17-18-27(31-25)22-29-21-26(30-20-24-14-7-4-8-15-24)16-10-9-13-23-11-5-3-6-12-23/h3-8,11-12,14-15,17-18,26H,9-10,13,16,19-22H2,1-2H3. The molecule has 3 rings (SSSR count). The Bertz CT molecular complexity index is 845. The van der Waals surface area contributed by atoms with Gasteiger partial charge in [0.05, 0.1) is 25.9 Å². The van der Waals surface area contributed by atoms with Gasteiger partial charge in [-0.25, -0.2) is 0 Å². The molecule has 1 aromatic heterocycles. The van der Waals surface area contributed by atoms with Gasteiger partial charge in [-0.1, -0.05) is 67.1 Å². The molecule has 0 aliphatic heterocycles. The van der Waals surface area contributed by atoms with Gasteiger partial charge in [0.2, 0.25) is 0 Å². The number of unbranched alkanes of at least 4 members (excludes halogenated alkanes) is 1. The maximum atomic E-state index is 6.21. The van der Waals surface area contributed by atoms with E-state index in [0.29, 0.717) is 19.8 Å². The van der Waals surface area contributed by atoms with Crippen LogP contribution in [0.2, 0.25) is 0 Å². The molecule has 1 heterocycles. The van der Waals surface area contributed by atoms with Gasteiger partial charge in [0.1, 0.15) is 18.1 Å². The number of hydrogen-bond acceptors (Lipinski definition) is 4. The van der Waals surface area contributed by atoms with Crippen LogP contribution in [0.1, 0.15) is 41.9 Å². The number of hydrogen-bond donors (Lipinski definition) is 0. The van der Waals surface area contributed by atoms with E-state index in [2.05, 4.69) is 47.4 Å². The second-order valence-corrected chi connectivity index (χ2v) is 8.27. The van der Waals surface area contributed by atoms with Crippen LogP contribution in [0.15, 0.2) is 77.2 Å². The zero-order valence-electron chi connectivity index (χ0n) is 18.8. The molecule has 0 saturated heterocycles. The summed E-state index contributed by atoms with van der Waals surface area (Å²) in [5.74, 6) is 1.82. The quantitative estimate of drug-likeness (QED) is 0.306. The van der Waals surface area contributed by atoms with Crippen LogP contribution in [0.4, 0.5) is 0 Å². The first-order valence-electron chi connectivity index (χ1n) is 11.2. The molecule has 166 valence electrons. The zero-order chi connectivity index (χ0) is 21.7. The molecule has 1 atom stereocenters. The van der Waals surface area contributed by atoms with E-state index < -0.39 is 0 Å². The Hall–Kier alpha value is -2.40. The Morgan fingerprint density at radius 2 is 1.45 bits per heavy atom. The molecule has 0 bridgehead atoms. The van der Waals surface area contributed by atoms with Crippen LogP contribution in [0, 0.1) is 0 Å². The number of nitrogens with zero attached hydrogens (tertiary/aromatic N) is 1. The van der Waals surface area contributed by atoms with E-state index in [1.165, 1.54) is 11.1 Å². The van der Waals surface area contributed by atoms with E-state index in [0.717, 1.165) is 43.7 Å². The van der Waals surface area contributed by atoms with Crippen LogP contribution in [0.3, 0.4) is 0 Å². The lowest BCUT2D eigenvalue weighted by Gasteiger charge is -2.18. The largest absolute Gasteiger partial charge is 0.462 e. The van der Waals surface area contributed by atoms with E-state index >= 15 is 0 Å². The van der Waals surface area contributed by atoms with Crippen molar-refractivity contribution in [3.05, 3.63) is 95.4 Å². The average molecular weight is 422 g/mol. The topological polar surface area (TPSA) is 34.8 Å². The highest BCUT2D eigenvalue weighted by Crippen LogP contribution is 2.15. The summed E-state index contributed by atoms with van der Waals surface area (Å²) in [5.41, 5.74) is 2.59. The average Bonchev–Trinajstić information content (AvgIpc) is 3.22. The highest BCUT2D eigenvalue weighted by atomic mass is 16.5. The molecule has 0 saturated carbocycles. The fourth-order valence-corrected chi connectivity index (χ4v) is 3.54. The normalized spacial score (nSPS) is 12.4. The van der Waals surface area contributed by atoms with Crippen LogP contribution in [0.25, 0.3) is 0 Å². The third-order valence-corrected chi connectivity index (χ3v) is 5.15. The lowest BCUT2D eigenvalue weighted by Crippen LogP contribution is -2.20. The van der Waals surface area contributed by atoms with Crippen molar-refractivity contribution >= 4 is 0 Å². The molecule has 31 heavy (non-hydrogen) atoms. The third kappa shape index (κ3) is 9.09. The maximum Gasteiger partial charge on any atom is 0.129 e. The van der Waals surface area contributed by atoms with Crippen LogP contribution in [-0.2, 0) is 35.7 Å². The predicted octanol–water partition coefficient (Wildman–Crippen LogP) is 5.86. The molecule has 3 aromatic rings. The van der Waals surface area contributed by atoms with Gasteiger partial charge in [-0.15, -0.1) is 0 Å². The number of rotatable bonds is 14. The maximum absolute atomic E-state index is 6.21. The van der Waals surface area contributed by atoms with Crippen LogP contribution in [-0.4, -0.2) is 31.7 Å². The van der Waals surface area contributed by atoms with E-state index in [9.17, 15) is 0 Å². The van der Waals surface area contributed by atoms with Crippen molar-refractivity contribution < 1.29 is 13.9 Å². The summed E-state index contributed by atoms with van der Waals surface area (Å²) in [6, 6.07) is 25.0. The van der Waals surface area contributed by atoms with Gasteiger partial charge in [0.25, 0.3) is 0 Å². The van der Waals surface area contributed by atoms with Crippen LogP contribution < -0.4 is 0 Å². The minimum absolute atomic E-state index is 0.0761. The summed E-state index contributed by atoms with van der Waals surface area (Å²) in [7, 11) is 4.07. The first-order valence-corrected chi connectivity index (χ1v) is 11.2. The summed E-state index contributed by atoms with van der Waals surface area (Å²) in [5, 5.41) is 0. The highest BCUT2D eigenvalue weighted by molar-refractivity contribution is 5.15. The highest BCUT2D eigenvalue weighted by Gasteiger charge is 2.11. The van der Waals surface area contributed by atoms with Gasteiger partial charge in [0, 0.05) is 0 Å². The van der Waals surface area contributed by atoms with Gasteiger partial charge in [-0.3, -0.25) is 0 Å². The molecule has 2 aromatic carbocycles. The summed E-state index contributed by atoms with van der Waals surface area (Å²) in [6.07, 6.45) is 4.44. The molecule has 0 spiro atoms. The lowest BCUT2D eigenvalue weighted by molar-refractivity contribution is -0.0372. The Labute approximate surface area is 186 Å². The Morgan fingerprint density at radius 3 is 2.16 bits per heavy atom. The molecule has 0 fully saturated rings. The predicted molar refractivity (Wildman–Crippen MR) is 125 cm³/mol. The molecular formula is C27H35NO3. The van der Waals surface area contributed by atoms with Crippen LogP contribution >= 0.6 is 0 Å². The number of furan rings is 1. The van der Waals surface area contributed by atoms with Crippen molar-refractivity contribution in [3.8, 4) is 0 Å². The third-order valence-electron chi connectivity index (χ3n) is 5.15. The van der Waals surface area contributed by atoms with Gasteiger partial charge in [0.15, 0.2) is 0 Å². The Balaban J connectivity index is 1.44. The summed E-state index contributed by atoms with van der Waals surface area (Å²) in [6.45, 7) is 2.45. The smallest absolute Gasteiger partial charge is 0.129 e. The van der Waals surface area contributed by atoms with Gasteiger partial charge in [-0.2, -0.15) is 0 Å². The molecule has 4 nitrogen and oxygen atoms in total. The first-order chi connectivity index (χ1) is 15.2. The minimum atomic E-state index is 0.0761. The van der Waals surface area contributed by atoms with Crippen molar-refractivity contribution in [2.24, 2.45) is 0 Å². The number of aryl methyl sites for hydroxylation is 1. The SMILES string of the molecule is CN(C)Cc1ccc(COCC(CCCCc2ccccc2)OCc2ccccc2)o1. The lowest BCUT2D eigenvalue weighted by atomic mass is 10.1. The van der Waals surface area contributed by atoms with E-state index in [-0.39, 0.29) is 6.10 Å². The van der Waals surface area contributed by atoms with Gasteiger partial charge in [-0.05, 0) is 56.6 Å². The second-order valence-electron chi connectivity index (χ2n) is 8.27. The number of benzene rings is 2. The summed E-state index contributed by atoms with van der Waals surface area (Å²) in [4.78, 5) is 2.09. The molecule has 0 radical (unpaired) electrons. The summed E-state index contributed by atoms with van der Waals surface area (Å²) < 4.78 is 18.0. The van der Waals surface area contributed by atoms with Crippen molar-refractivity contribution in [3.63, 3.8) is 0 Å². The van der Waals surface area contributed by atoms with Crippen molar-refractivity contribution in [2.45, 2.75) is 51.5 Å². The molecule has 1 unspecified atom stereocenters. The Kier molecular flexibility index (Phi) is 9.84. The van der Waals surface area contributed by atoms with E-state index in [4.69, 9.17) is 13.9 Å². The van der Waals surface area contributed by atoms with Crippen molar-refractivity contribution in [1.29, 1.82) is 0 Å². The molecule has 0 aliphatic carbocycles. The van der Waals surface area contributed by atoms with Gasteiger partial charge < -0.3 is 18.8 Å². The first kappa shape index (κ1) is 23.3. The molecule has 0 amide bonds. The molecule has 0 aliphatic rings. The minimum Gasteiger partial charge on any atom is -0.462 e. The zero-order valence-corrected chi connectivity index (χ0v) is 18.8. The fraction of sp³-hybridized carbons (Fsp3) is 0.407. The molecule has 0 N–H and O–H groups in total. The van der Waals surface area contributed by atoms with Crippen molar-refractivity contribution in [2.75, 3.05) is 20.7 Å². The fourth-order valence-electron chi connectivity index (χ4n) is 3.54. The van der Waals surface area contributed by atoms with Gasteiger partial charge >= 0.3 is 0 Å². The Morgan fingerprint density at radius 1 is 0.774 bits per heavy atom. The molecular weight excluding hydrogens is 386 g/mol. The summed E-state index contributed by atoms with van der Waals surface area (Å²) >= 11 is 0. The number of ether oxygens (including phenoxy) is 2. The van der Waals surface area contributed by atoms with E-state index in [1.54, 1.807) is 0 Å².